The van der Waals surface area contributed by atoms with Crippen molar-refractivity contribution in [1.29, 1.82) is 0 Å². The Morgan fingerprint density at radius 2 is 1.84 bits per heavy atom. The first-order valence-corrected chi connectivity index (χ1v) is 7.93. The van der Waals surface area contributed by atoms with Crippen molar-refractivity contribution in [2.24, 2.45) is 16.7 Å². The molecule has 0 saturated heterocycles. The first-order valence-electron chi connectivity index (χ1n) is 7.93. The molecule has 0 bridgehead atoms. The summed E-state index contributed by atoms with van der Waals surface area (Å²) in [5, 5.41) is 9.73. The summed E-state index contributed by atoms with van der Waals surface area (Å²) in [6.45, 7) is 4.38. The first kappa shape index (κ1) is 13.2. The summed E-state index contributed by atoms with van der Waals surface area (Å²) in [5.41, 5.74) is 3.05. The van der Waals surface area contributed by atoms with E-state index in [-0.39, 0.29) is 5.41 Å². The molecule has 106 valence electrons. The van der Waals surface area contributed by atoms with Crippen molar-refractivity contribution in [3.63, 3.8) is 0 Å². The summed E-state index contributed by atoms with van der Waals surface area (Å²) in [5.74, 6) is -0.216. The standard InChI is InChI=1S/C17H26O2/c1-16-10-5-11-17(2,15(18)19)14(16)9-8-12-6-3-4-7-13(12)16/h14H,3-11H2,1-2H3,(H,18,19). The topological polar surface area (TPSA) is 37.3 Å². The van der Waals surface area contributed by atoms with Crippen molar-refractivity contribution in [3.05, 3.63) is 11.1 Å². The van der Waals surface area contributed by atoms with Gasteiger partial charge in [0.1, 0.15) is 0 Å². The second-order valence-electron chi connectivity index (χ2n) is 7.37. The van der Waals surface area contributed by atoms with Gasteiger partial charge >= 0.3 is 5.97 Å². The third-order valence-corrected chi connectivity index (χ3v) is 6.43. The molecule has 0 amide bonds. The van der Waals surface area contributed by atoms with Crippen LogP contribution in [0.3, 0.4) is 0 Å². The Morgan fingerprint density at radius 1 is 1.11 bits per heavy atom. The van der Waals surface area contributed by atoms with Gasteiger partial charge in [0.2, 0.25) is 0 Å². The molecule has 19 heavy (non-hydrogen) atoms. The Bertz CT molecular complexity index is 437. The molecule has 3 rings (SSSR count). The molecule has 2 heteroatoms. The number of fused-ring (bicyclic) bond motifs is 2. The van der Waals surface area contributed by atoms with Crippen LogP contribution in [-0.2, 0) is 4.79 Å². The molecule has 3 aliphatic rings. The number of carboxylic acid groups (broad SMARTS) is 1. The largest absolute Gasteiger partial charge is 0.481 e. The quantitative estimate of drug-likeness (QED) is 0.704. The maximum Gasteiger partial charge on any atom is 0.309 e. The van der Waals surface area contributed by atoms with Crippen LogP contribution < -0.4 is 0 Å². The van der Waals surface area contributed by atoms with Crippen LogP contribution >= 0.6 is 0 Å². The molecule has 1 saturated carbocycles. The molecular formula is C17H26O2. The van der Waals surface area contributed by atoms with E-state index in [9.17, 15) is 9.90 Å². The van der Waals surface area contributed by atoms with Crippen molar-refractivity contribution < 1.29 is 9.90 Å². The summed E-state index contributed by atoms with van der Waals surface area (Å²) in [6, 6.07) is 0. The SMILES string of the molecule is CC1(C(=O)O)CCCC2(C)C3=C(CCCC3)CCC12. The third-order valence-electron chi connectivity index (χ3n) is 6.43. The molecule has 0 aromatic rings. The number of carbonyl (C=O) groups is 1. The highest BCUT2D eigenvalue weighted by molar-refractivity contribution is 5.75. The van der Waals surface area contributed by atoms with Gasteiger partial charge in [-0.3, -0.25) is 4.79 Å². The minimum absolute atomic E-state index is 0.180. The molecule has 1 fully saturated rings. The molecule has 0 spiro atoms. The Kier molecular flexibility index (Phi) is 3.03. The van der Waals surface area contributed by atoms with Gasteiger partial charge in [0.15, 0.2) is 0 Å². The average Bonchev–Trinajstić information content (AvgIpc) is 2.38. The van der Waals surface area contributed by atoms with Crippen molar-refractivity contribution in [1.82, 2.24) is 0 Å². The summed E-state index contributed by atoms with van der Waals surface area (Å²) in [7, 11) is 0. The van der Waals surface area contributed by atoms with E-state index in [1.807, 2.05) is 6.92 Å². The fourth-order valence-electron chi connectivity index (χ4n) is 5.38. The van der Waals surface area contributed by atoms with Gasteiger partial charge < -0.3 is 5.11 Å². The normalized spacial score (nSPS) is 42.5. The van der Waals surface area contributed by atoms with Crippen LogP contribution in [0.1, 0.15) is 71.6 Å². The second kappa shape index (κ2) is 4.36. The van der Waals surface area contributed by atoms with Gasteiger partial charge in [-0.2, -0.15) is 0 Å². The Hall–Kier alpha value is -0.790. The molecule has 0 heterocycles. The first-order chi connectivity index (χ1) is 8.98. The highest BCUT2D eigenvalue weighted by atomic mass is 16.4. The van der Waals surface area contributed by atoms with Crippen molar-refractivity contribution in [3.8, 4) is 0 Å². The van der Waals surface area contributed by atoms with Crippen LogP contribution in [0.5, 0.6) is 0 Å². The molecule has 0 aromatic heterocycles. The lowest BCUT2D eigenvalue weighted by Crippen LogP contribution is -2.50. The Balaban J connectivity index is 2.04. The summed E-state index contributed by atoms with van der Waals surface area (Å²) in [6.07, 6.45) is 10.6. The average molecular weight is 262 g/mol. The molecule has 0 radical (unpaired) electrons. The number of carboxylic acids is 1. The fourth-order valence-corrected chi connectivity index (χ4v) is 5.38. The highest BCUT2D eigenvalue weighted by Crippen LogP contribution is 2.61. The maximum atomic E-state index is 11.8. The molecule has 3 unspecified atom stereocenters. The van der Waals surface area contributed by atoms with Gasteiger partial charge in [-0.1, -0.05) is 24.5 Å². The van der Waals surface area contributed by atoms with Gasteiger partial charge in [0.25, 0.3) is 0 Å². The lowest BCUT2D eigenvalue weighted by molar-refractivity contribution is -0.159. The van der Waals surface area contributed by atoms with Crippen LogP contribution in [0, 0.1) is 16.7 Å². The summed E-state index contributed by atoms with van der Waals surface area (Å²) in [4.78, 5) is 11.8. The molecule has 3 atom stereocenters. The molecule has 0 aromatic carbocycles. The minimum Gasteiger partial charge on any atom is -0.481 e. The molecule has 3 aliphatic carbocycles. The van der Waals surface area contributed by atoms with Crippen LogP contribution in [0.2, 0.25) is 0 Å². The summed E-state index contributed by atoms with van der Waals surface area (Å²) >= 11 is 0. The zero-order valence-corrected chi connectivity index (χ0v) is 12.3. The lowest BCUT2D eigenvalue weighted by atomic mass is 9.48. The van der Waals surface area contributed by atoms with E-state index in [1.54, 1.807) is 11.1 Å². The summed E-state index contributed by atoms with van der Waals surface area (Å²) < 4.78 is 0. The number of aliphatic carboxylic acids is 1. The number of rotatable bonds is 1. The van der Waals surface area contributed by atoms with E-state index in [4.69, 9.17) is 0 Å². The van der Waals surface area contributed by atoms with Gasteiger partial charge in [0, 0.05) is 0 Å². The zero-order chi connectivity index (χ0) is 13.7. The fraction of sp³-hybridized carbons (Fsp3) is 0.824. The van der Waals surface area contributed by atoms with Gasteiger partial charge in [-0.05, 0) is 69.6 Å². The Labute approximate surface area is 116 Å². The highest BCUT2D eigenvalue weighted by Gasteiger charge is 2.55. The number of hydrogen-bond donors (Lipinski definition) is 1. The van der Waals surface area contributed by atoms with Crippen LogP contribution in [0.4, 0.5) is 0 Å². The second-order valence-corrected chi connectivity index (χ2v) is 7.37. The Morgan fingerprint density at radius 3 is 2.58 bits per heavy atom. The van der Waals surface area contributed by atoms with E-state index >= 15 is 0 Å². The van der Waals surface area contributed by atoms with E-state index < -0.39 is 11.4 Å². The monoisotopic (exact) mass is 262 g/mol. The van der Waals surface area contributed by atoms with Crippen LogP contribution in [0.15, 0.2) is 11.1 Å². The van der Waals surface area contributed by atoms with Gasteiger partial charge in [0.05, 0.1) is 5.41 Å². The molecule has 1 N–H and O–H groups in total. The molecular weight excluding hydrogens is 236 g/mol. The number of allylic oxidation sites excluding steroid dienone is 2. The van der Waals surface area contributed by atoms with Crippen molar-refractivity contribution in [2.45, 2.75) is 71.6 Å². The maximum absolute atomic E-state index is 11.8. The van der Waals surface area contributed by atoms with E-state index in [0.29, 0.717) is 5.92 Å². The van der Waals surface area contributed by atoms with E-state index in [0.717, 1.165) is 19.3 Å². The lowest BCUT2D eigenvalue weighted by Gasteiger charge is -2.55. The van der Waals surface area contributed by atoms with Crippen molar-refractivity contribution >= 4 is 5.97 Å². The van der Waals surface area contributed by atoms with Gasteiger partial charge in [-0.15, -0.1) is 0 Å². The smallest absolute Gasteiger partial charge is 0.309 e. The third kappa shape index (κ3) is 1.79. The van der Waals surface area contributed by atoms with E-state index in [1.165, 1.54) is 38.5 Å². The molecule has 0 aliphatic heterocycles. The molecule has 2 nitrogen and oxygen atoms in total. The number of hydrogen-bond acceptors (Lipinski definition) is 1. The zero-order valence-electron chi connectivity index (χ0n) is 12.3. The van der Waals surface area contributed by atoms with Gasteiger partial charge in [-0.25, -0.2) is 0 Å². The van der Waals surface area contributed by atoms with Crippen LogP contribution in [0.25, 0.3) is 0 Å². The predicted molar refractivity (Wildman–Crippen MR) is 75.9 cm³/mol. The predicted octanol–water partition coefficient (Wildman–Crippen LogP) is 4.55. The van der Waals surface area contributed by atoms with Crippen molar-refractivity contribution in [2.75, 3.05) is 0 Å². The minimum atomic E-state index is -0.566. The van der Waals surface area contributed by atoms with E-state index in [2.05, 4.69) is 6.92 Å². The van der Waals surface area contributed by atoms with Crippen LogP contribution in [-0.4, -0.2) is 11.1 Å².